The topological polar surface area (TPSA) is 73.1 Å². The van der Waals surface area contributed by atoms with Gasteiger partial charge in [-0.25, -0.2) is 18.5 Å². The molecule has 0 spiro atoms. The second-order valence-electron chi connectivity index (χ2n) is 6.00. The second kappa shape index (κ2) is 5.92. The first-order valence-electron chi connectivity index (χ1n) is 6.49. The summed E-state index contributed by atoms with van der Waals surface area (Å²) in [4.78, 5) is 4.17. The molecule has 1 aromatic heterocycles. The Morgan fingerprint density at radius 2 is 1.82 bits per heavy atom. The van der Waals surface area contributed by atoms with E-state index in [2.05, 4.69) is 20.9 Å². The van der Waals surface area contributed by atoms with Crippen LogP contribution in [0.2, 0.25) is 5.02 Å². The summed E-state index contributed by atoms with van der Waals surface area (Å²) in [5, 5.41) is 5.76. The van der Waals surface area contributed by atoms with Crippen molar-refractivity contribution in [1.82, 2.24) is 4.98 Å². The standard InChI is InChI=1S/C15H16BrClN2O2S/c1-15(2,3)9-4-5-13(22(18,20)21)11(6-9)12-7-10(17)8-19-14(12)16/h4-8H,1-3H3,(H2,18,20,21). The number of pyridine rings is 1. The lowest BCUT2D eigenvalue weighted by atomic mass is 9.85. The van der Waals surface area contributed by atoms with Gasteiger partial charge in [0.1, 0.15) is 4.60 Å². The van der Waals surface area contributed by atoms with Crippen LogP contribution in [0, 0.1) is 0 Å². The van der Waals surface area contributed by atoms with E-state index in [0.29, 0.717) is 20.8 Å². The highest BCUT2D eigenvalue weighted by Gasteiger charge is 2.22. The minimum Gasteiger partial charge on any atom is -0.247 e. The zero-order chi connectivity index (χ0) is 16.7. The van der Waals surface area contributed by atoms with E-state index in [9.17, 15) is 8.42 Å². The molecular weight excluding hydrogens is 388 g/mol. The Balaban J connectivity index is 2.84. The summed E-state index contributed by atoms with van der Waals surface area (Å²) in [6.45, 7) is 6.15. The van der Waals surface area contributed by atoms with Crippen LogP contribution in [0.4, 0.5) is 0 Å². The highest BCUT2D eigenvalue weighted by molar-refractivity contribution is 9.10. The minimum atomic E-state index is -3.87. The first kappa shape index (κ1) is 17.4. The molecule has 1 aromatic carbocycles. The maximum atomic E-state index is 11.9. The van der Waals surface area contributed by atoms with E-state index in [1.54, 1.807) is 12.1 Å². The van der Waals surface area contributed by atoms with Gasteiger partial charge in [-0.2, -0.15) is 0 Å². The van der Waals surface area contributed by atoms with Crippen LogP contribution in [0.1, 0.15) is 26.3 Å². The molecule has 0 fully saturated rings. The number of nitrogens with two attached hydrogens (primary N) is 1. The SMILES string of the molecule is CC(C)(C)c1ccc(S(N)(=O)=O)c(-c2cc(Cl)cnc2Br)c1. The third-order valence-electron chi connectivity index (χ3n) is 3.25. The van der Waals surface area contributed by atoms with Gasteiger partial charge in [0.25, 0.3) is 0 Å². The van der Waals surface area contributed by atoms with Crippen molar-refractivity contribution < 1.29 is 8.42 Å². The largest absolute Gasteiger partial charge is 0.247 e. The fraction of sp³-hybridized carbons (Fsp3) is 0.267. The number of sulfonamides is 1. The number of primary sulfonamides is 1. The number of rotatable bonds is 2. The van der Waals surface area contributed by atoms with Crippen LogP contribution >= 0.6 is 27.5 Å². The zero-order valence-electron chi connectivity index (χ0n) is 12.4. The van der Waals surface area contributed by atoms with Gasteiger partial charge >= 0.3 is 0 Å². The maximum Gasteiger partial charge on any atom is 0.238 e. The molecule has 0 radical (unpaired) electrons. The monoisotopic (exact) mass is 402 g/mol. The second-order valence-corrected chi connectivity index (χ2v) is 8.72. The van der Waals surface area contributed by atoms with Gasteiger partial charge in [-0.3, -0.25) is 0 Å². The maximum absolute atomic E-state index is 11.9. The Kier molecular flexibility index (Phi) is 4.69. The molecule has 0 bridgehead atoms. The van der Waals surface area contributed by atoms with Crippen molar-refractivity contribution in [3.05, 3.63) is 45.7 Å². The van der Waals surface area contributed by atoms with E-state index in [1.807, 2.05) is 26.8 Å². The molecule has 1 heterocycles. The van der Waals surface area contributed by atoms with Crippen LogP contribution in [-0.4, -0.2) is 13.4 Å². The number of nitrogens with zero attached hydrogens (tertiary/aromatic N) is 1. The Hall–Kier alpha value is -0.950. The lowest BCUT2D eigenvalue weighted by Crippen LogP contribution is -2.16. The van der Waals surface area contributed by atoms with Crippen LogP contribution in [0.25, 0.3) is 11.1 Å². The molecule has 2 aromatic rings. The summed E-state index contributed by atoms with van der Waals surface area (Å²) in [5.74, 6) is 0. The van der Waals surface area contributed by atoms with Gasteiger partial charge in [0.15, 0.2) is 0 Å². The van der Waals surface area contributed by atoms with E-state index in [-0.39, 0.29) is 10.3 Å². The molecule has 22 heavy (non-hydrogen) atoms. The number of benzene rings is 1. The zero-order valence-corrected chi connectivity index (χ0v) is 15.6. The van der Waals surface area contributed by atoms with E-state index < -0.39 is 10.0 Å². The van der Waals surface area contributed by atoms with Crippen molar-refractivity contribution in [1.29, 1.82) is 0 Å². The van der Waals surface area contributed by atoms with Gasteiger partial charge in [0, 0.05) is 17.3 Å². The van der Waals surface area contributed by atoms with Gasteiger partial charge in [-0.15, -0.1) is 0 Å². The van der Waals surface area contributed by atoms with Crippen molar-refractivity contribution in [2.45, 2.75) is 31.1 Å². The molecule has 2 N–H and O–H groups in total. The van der Waals surface area contributed by atoms with Crippen LogP contribution < -0.4 is 5.14 Å². The van der Waals surface area contributed by atoms with Gasteiger partial charge in [-0.05, 0) is 45.1 Å². The molecule has 118 valence electrons. The minimum absolute atomic E-state index is 0.0465. The summed E-state index contributed by atoms with van der Waals surface area (Å²) in [7, 11) is -3.87. The highest BCUT2D eigenvalue weighted by atomic mass is 79.9. The molecule has 2 rings (SSSR count). The van der Waals surface area contributed by atoms with Crippen molar-refractivity contribution in [2.24, 2.45) is 5.14 Å². The fourth-order valence-electron chi connectivity index (χ4n) is 2.07. The van der Waals surface area contributed by atoms with Crippen molar-refractivity contribution in [3.63, 3.8) is 0 Å². The van der Waals surface area contributed by atoms with Crippen LogP contribution in [-0.2, 0) is 15.4 Å². The summed E-state index contributed by atoms with van der Waals surface area (Å²) >= 11 is 9.34. The molecule has 0 unspecified atom stereocenters. The van der Waals surface area contributed by atoms with E-state index >= 15 is 0 Å². The van der Waals surface area contributed by atoms with Crippen molar-refractivity contribution in [3.8, 4) is 11.1 Å². The fourth-order valence-corrected chi connectivity index (χ4v) is 3.39. The predicted octanol–water partition coefficient (Wildman–Crippen LogP) is 4.11. The predicted molar refractivity (Wildman–Crippen MR) is 92.5 cm³/mol. The normalized spacial score (nSPS) is 12.5. The molecule has 4 nitrogen and oxygen atoms in total. The Labute approximate surface area is 143 Å². The lowest BCUT2D eigenvalue weighted by Gasteiger charge is -2.21. The smallest absolute Gasteiger partial charge is 0.238 e. The first-order valence-corrected chi connectivity index (χ1v) is 9.20. The number of hydrogen-bond acceptors (Lipinski definition) is 3. The molecule has 0 saturated heterocycles. The molecule has 0 amide bonds. The molecule has 0 atom stereocenters. The Morgan fingerprint density at radius 1 is 1.18 bits per heavy atom. The number of hydrogen-bond donors (Lipinski definition) is 1. The Morgan fingerprint density at radius 3 is 2.36 bits per heavy atom. The summed E-state index contributed by atoms with van der Waals surface area (Å²) < 4.78 is 24.3. The summed E-state index contributed by atoms with van der Waals surface area (Å²) in [5.41, 5.74) is 1.92. The van der Waals surface area contributed by atoms with E-state index in [4.69, 9.17) is 16.7 Å². The molecular formula is C15H16BrClN2O2S. The van der Waals surface area contributed by atoms with Crippen molar-refractivity contribution in [2.75, 3.05) is 0 Å². The Bertz CT molecular complexity index is 830. The number of halogens is 2. The number of aromatic nitrogens is 1. The third-order valence-corrected chi connectivity index (χ3v) is 5.06. The molecule has 7 heteroatoms. The first-order chi connectivity index (χ1) is 10.00. The average molecular weight is 404 g/mol. The van der Waals surface area contributed by atoms with E-state index in [0.717, 1.165) is 5.56 Å². The molecule has 0 saturated carbocycles. The molecule has 0 aliphatic carbocycles. The molecule has 0 aliphatic heterocycles. The molecule has 0 aliphatic rings. The summed E-state index contributed by atoms with van der Waals surface area (Å²) in [6, 6.07) is 6.78. The summed E-state index contributed by atoms with van der Waals surface area (Å²) in [6.07, 6.45) is 1.49. The van der Waals surface area contributed by atoms with Gasteiger partial charge < -0.3 is 0 Å². The van der Waals surface area contributed by atoms with Gasteiger partial charge in [0.2, 0.25) is 10.0 Å². The third kappa shape index (κ3) is 3.68. The van der Waals surface area contributed by atoms with Crippen LogP contribution in [0.5, 0.6) is 0 Å². The van der Waals surface area contributed by atoms with E-state index in [1.165, 1.54) is 12.3 Å². The lowest BCUT2D eigenvalue weighted by molar-refractivity contribution is 0.587. The quantitative estimate of drug-likeness (QED) is 0.767. The van der Waals surface area contributed by atoms with Crippen LogP contribution in [0.15, 0.2) is 40.0 Å². The van der Waals surface area contributed by atoms with Crippen LogP contribution in [0.3, 0.4) is 0 Å². The van der Waals surface area contributed by atoms with Gasteiger partial charge in [0.05, 0.1) is 9.92 Å². The average Bonchev–Trinajstić information content (AvgIpc) is 2.39. The highest BCUT2D eigenvalue weighted by Crippen LogP contribution is 2.36. The van der Waals surface area contributed by atoms with Crippen molar-refractivity contribution >= 4 is 37.6 Å². The van der Waals surface area contributed by atoms with Gasteiger partial charge in [-0.1, -0.05) is 38.4 Å².